The highest BCUT2D eigenvalue weighted by Gasteiger charge is 2.40. The van der Waals surface area contributed by atoms with Crippen molar-refractivity contribution in [3.8, 4) is 0 Å². The minimum atomic E-state index is -0.916. The molecule has 152 valence electrons. The largest absolute Gasteiger partial charge is 0.331 e. The molecule has 0 rings (SSSR count). The number of ether oxygens (including phenoxy) is 3. The Bertz CT molecular complexity index is 274. The molecule has 2 atom stereocenters. The van der Waals surface area contributed by atoms with Crippen LogP contribution in [0.25, 0.3) is 0 Å². The molecule has 4 nitrogen and oxygen atoms in total. The van der Waals surface area contributed by atoms with Crippen LogP contribution < -0.4 is 5.32 Å². The van der Waals surface area contributed by atoms with Gasteiger partial charge in [0, 0.05) is 27.2 Å². The maximum absolute atomic E-state index is 5.67. The van der Waals surface area contributed by atoms with Crippen molar-refractivity contribution in [2.75, 3.05) is 34.4 Å². The van der Waals surface area contributed by atoms with E-state index in [1.165, 1.54) is 51.4 Å². The van der Waals surface area contributed by atoms with Gasteiger partial charge >= 0.3 is 0 Å². The molecule has 0 aliphatic heterocycles. The van der Waals surface area contributed by atoms with E-state index in [-0.39, 0.29) is 5.92 Å². The van der Waals surface area contributed by atoms with Gasteiger partial charge in [-0.3, -0.25) is 0 Å². The SMILES string of the molecule is CCCCCCCCC(CC(C)CNCCCC)C(OC)(OC)OC. The molecule has 0 aromatic rings. The second kappa shape index (κ2) is 16.0. The van der Waals surface area contributed by atoms with Crippen molar-refractivity contribution in [3.05, 3.63) is 0 Å². The van der Waals surface area contributed by atoms with Crippen LogP contribution in [0, 0.1) is 11.8 Å². The van der Waals surface area contributed by atoms with Crippen LogP contribution in [0.2, 0.25) is 0 Å². The molecule has 0 amide bonds. The topological polar surface area (TPSA) is 39.7 Å². The van der Waals surface area contributed by atoms with Crippen LogP contribution in [-0.2, 0) is 14.2 Å². The monoisotopic (exact) mass is 359 g/mol. The molecular weight excluding hydrogens is 314 g/mol. The third-order valence-corrected chi connectivity index (χ3v) is 5.15. The lowest BCUT2D eigenvalue weighted by atomic mass is 9.88. The Morgan fingerprint density at radius 2 is 1.36 bits per heavy atom. The summed E-state index contributed by atoms with van der Waals surface area (Å²) >= 11 is 0. The van der Waals surface area contributed by atoms with Crippen molar-refractivity contribution in [2.24, 2.45) is 11.8 Å². The fourth-order valence-corrected chi connectivity index (χ4v) is 3.58. The minimum Gasteiger partial charge on any atom is -0.331 e. The number of methoxy groups -OCH3 is 3. The van der Waals surface area contributed by atoms with Crippen molar-refractivity contribution in [2.45, 2.75) is 91.0 Å². The second-order valence-corrected chi connectivity index (χ2v) is 7.37. The van der Waals surface area contributed by atoms with Gasteiger partial charge in [0.05, 0.1) is 0 Å². The predicted octanol–water partition coefficient (Wildman–Crippen LogP) is 5.36. The molecule has 0 aromatic heterocycles. The van der Waals surface area contributed by atoms with Gasteiger partial charge < -0.3 is 19.5 Å². The molecule has 1 N–H and O–H groups in total. The first-order valence-corrected chi connectivity index (χ1v) is 10.5. The maximum Gasteiger partial charge on any atom is 0.285 e. The summed E-state index contributed by atoms with van der Waals surface area (Å²) < 4.78 is 17.0. The normalized spacial score (nSPS) is 14.6. The first-order valence-electron chi connectivity index (χ1n) is 10.5. The second-order valence-electron chi connectivity index (χ2n) is 7.37. The van der Waals surface area contributed by atoms with Crippen molar-refractivity contribution >= 4 is 0 Å². The van der Waals surface area contributed by atoms with E-state index in [2.05, 4.69) is 26.1 Å². The Balaban J connectivity index is 4.51. The van der Waals surface area contributed by atoms with E-state index in [9.17, 15) is 0 Å². The summed E-state index contributed by atoms with van der Waals surface area (Å²) in [6.07, 6.45) is 12.4. The molecular formula is C21H45NO3. The fraction of sp³-hybridized carbons (Fsp3) is 1.00. The van der Waals surface area contributed by atoms with Crippen LogP contribution in [0.1, 0.15) is 85.0 Å². The third kappa shape index (κ3) is 10.5. The van der Waals surface area contributed by atoms with Crippen molar-refractivity contribution in [1.29, 1.82) is 0 Å². The van der Waals surface area contributed by atoms with E-state index in [0.29, 0.717) is 5.92 Å². The molecule has 0 radical (unpaired) electrons. The van der Waals surface area contributed by atoms with Crippen LogP contribution in [0.4, 0.5) is 0 Å². The molecule has 0 spiro atoms. The molecule has 0 bridgehead atoms. The Kier molecular flexibility index (Phi) is 15.9. The van der Waals surface area contributed by atoms with E-state index in [1.807, 2.05) is 0 Å². The van der Waals surface area contributed by atoms with Gasteiger partial charge in [-0.1, -0.05) is 65.7 Å². The fourth-order valence-electron chi connectivity index (χ4n) is 3.58. The zero-order chi connectivity index (χ0) is 19.0. The Morgan fingerprint density at radius 3 is 1.92 bits per heavy atom. The van der Waals surface area contributed by atoms with Crippen LogP contribution in [0.15, 0.2) is 0 Å². The average Bonchev–Trinajstić information content (AvgIpc) is 2.63. The third-order valence-electron chi connectivity index (χ3n) is 5.15. The molecule has 0 saturated heterocycles. The lowest BCUT2D eigenvalue weighted by molar-refractivity contribution is -0.381. The molecule has 0 fully saturated rings. The number of nitrogens with one attached hydrogen (secondary N) is 1. The van der Waals surface area contributed by atoms with Crippen LogP contribution in [0.3, 0.4) is 0 Å². The molecule has 25 heavy (non-hydrogen) atoms. The summed E-state index contributed by atoms with van der Waals surface area (Å²) in [4.78, 5) is 0. The summed E-state index contributed by atoms with van der Waals surface area (Å²) in [6, 6.07) is 0. The molecule has 0 aliphatic rings. The van der Waals surface area contributed by atoms with E-state index in [0.717, 1.165) is 25.9 Å². The summed E-state index contributed by atoms with van der Waals surface area (Å²) in [5, 5.41) is 3.56. The zero-order valence-electron chi connectivity index (χ0n) is 17.9. The lowest BCUT2D eigenvalue weighted by Crippen LogP contribution is -2.45. The summed E-state index contributed by atoms with van der Waals surface area (Å²) in [7, 11) is 5.06. The van der Waals surface area contributed by atoms with Gasteiger partial charge in [-0.2, -0.15) is 0 Å². The molecule has 0 aliphatic carbocycles. The van der Waals surface area contributed by atoms with Gasteiger partial charge in [-0.15, -0.1) is 0 Å². The predicted molar refractivity (Wildman–Crippen MR) is 107 cm³/mol. The number of hydrogen-bond acceptors (Lipinski definition) is 4. The minimum absolute atomic E-state index is 0.252. The van der Waals surface area contributed by atoms with Crippen molar-refractivity contribution < 1.29 is 14.2 Å². The van der Waals surface area contributed by atoms with Gasteiger partial charge in [0.15, 0.2) is 0 Å². The Hall–Kier alpha value is -0.160. The van der Waals surface area contributed by atoms with E-state index in [4.69, 9.17) is 14.2 Å². The highest BCUT2D eigenvalue weighted by molar-refractivity contribution is 4.75. The van der Waals surface area contributed by atoms with E-state index >= 15 is 0 Å². The molecule has 4 heteroatoms. The van der Waals surface area contributed by atoms with Crippen LogP contribution in [0.5, 0.6) is 0 Å². The quantitative estimate of drug-likeness (QED) is 0.264. The molecule has 2 unspecified atom stereocenters. The number of hydrogen-bond donors (Lipinski definition) is 1. The first-order chi connectivity index (χ1) is 12.1. The molecule has 0 saturated carbocycles. The lowest BCUT2D eigenvalue weighted by Gasteiger charge is -2.37. The zero-order valence-corrected chi connectivity index (χ0v) is 17.9. The highest BCUT2D eigenvalue weighted by Crippen LogP contribution is 2.33. The summed E-state index contributed by atoms with van der Waals surface area (Å²) in [5.74, 6) is -0.0930. The van der Waals surface area contributed by atoms with Gasteiger partial charge in [0.1, 0.15) is 0 Å². The van der Waals surface area contributed by atoms with Gasteiger partial charge in [-0.05, 0) is 38.3 Å². The Labute approximate surface area is 157 Å². The van der Waals surface area contributed by atoms with E-state index < -0.39 is 5.97 Å². The number of unbranched alkanes of at least 4 members (excludes halogenated alkanes) is 6. The van der Waals surface area contributed by atoms with Gasteiger partial charge in [0.25, 0.3) is 5.97 Å². The maximum atomic E-state index is 5.67. The van der Waals surface area contributed by atoms with Crippen molar-refractivity contribution in [3.63, 3.8) is 0 Å². The number of rotatable bonds is 18. The summed E-state index contributed by atoms with van der Waals surface area (Å²) in [6.45, 7) is 8.94. The van der Waals surface area contributed by atoms with Crippen LogP contribution in [-0.4, -0.2) is 40.4 Å². The highest BCUT2D eigenvalue weighted by atomic mass is 16.9. The summed E-state index contributed by atoms with van der Waals surface area (Å²) in [5.41, 5.74) is 0. The van der Waals surface area contributed by atoms with Crippen LogP contribution >= 0.6 is 0 Å². The Morgan fingerprint density at radius 1 is 0.800 bits per heavy atom. The molecule has 0 heterocycles. The first kappa shape index (κ1) is 24.8. The smallest absolute Gasteiger partial charge is 0.285 e. The average molecular weight is 360 g/mol. The molecule has 0 aromatic carbocycles. The van der Waals surface area contributed by atoms with Crippen molar-refractivity contribution in [1.82, 2.24) is 5.32 Å². The van der Waals surface area contributed by atoms with Gasteiger partial charge in [-0.25, -0.2) is 0 Å². The van der Waals surface area contributed by atoms with Gasteiger partial charge in [0.2, 0.25) is 0 Å². The standard InChI is InChI=1S/C21H45NO3/c1-7-9-11-12-13-14-15-20(21(23-4,24-5)25-6)17-19(3)18-22-16-10-8-2/h19-20,22H,7-18H2,1-6H3. The van der Waals surface area contributed by atoms with E-state index in [1.54, 1.807) is 21.3 Å².